The molecular formula is C24H25N5O3S. The van der Waals surface area contributed by atoms with Gasteiger partial charge in [0, 0.05) is 42.3 Å². The Morgan fingerprint density at radius 2 is 2.03 bits per heavy atom. The van der Waals surface area contributed by atoms with Crippen LogP contribution in [0.3, 0.4) is 0 Å². The van der Waals surface area contributed by atoms with Gasteiger partial charge >= 0.3 is 6.09 Å². The molecule has 1 aliphatic carbocycles. The highest BCUT2D eigenvalue weighted by Gasteiger charge is 2.26. The van der Waals surface area contributed by atoms with Crippen LogP contribution >= 0.6 is 11.3 Å². The molecule has 170 valence electrons. The molecule has 4 N–H and O–H groups in total. The quantitative estimate of drug-likeness (QED) is 0.459. The number of anilines is 2. The molecule has 2 amide bonds. The second kappa shape index (κ2) is 10.7. The Bertz CT molecular complexity index is 1130. The van der Waals surface area contributed by atoms with Crippen LogP contribution in [0.15, 0.2) is 55.1 Å². The van der Waals surface area contributed by atoms with Gasteiger partial charge in [0.2, 0.25) is 5.91 Å². The van der Waals surface area contributed by atoms with Crippen molar-refractivity contribution in [3.63, 3.8) is 0 Å². The molecular weight excluding hydrogens is 438 g/mol. The first-order valence-electron chi connectivity index (χ1n) is 10.7. The standard InChI is InChI=1S/C24H25N5O3S/c25-22-19-7-5-17(15-32-24(31)28-14-18-4-2-10-27-13-18)11-20(19)33-23(22)29-21(30)8-6-16-3-1-9-26-12-16/h1-4,6,8-10,12-13,17H,5,7,11,14-15,25H2,(H,28,31)(H,29,30)/b8-6+. The summed E-state index contributed by atoms with van der Waals surface area (Å²) in [5, 5.41) is 6.29. The normalized spacial score (nSPS) is 15.1. The number of fused-ring (bicyclic) bond motifs is 1. The van der Waals surface area contributed by atoms with E-state index in [1.165, 1.54) is 17.4 Å². The van der Waals surface area contributed by atoms with Crippen LogP contribution in [0.2, 0.25) is 0 Å². The van der Waals surface area contributed by atoms with E-state index in [-0.39, 0.29) is 11.8 Å². The minimum Gasteiger partial charge on any atom is -0.449 e. The molecule has 0 saturated heterocycles. The van der Waals surface area contributed by atoms with E-state index < -0.39 is 6.09 Å². The zero-order chi connectivity index (χ0) is 23.0. The molecule has 4 rings (SSSR count). The average molecular weight is 464 g/mol. The summed E-state index contributed by atoms with van der Waals surface area (Å²) in [5.41, 5.74) is 9.78. The first-order valence-corrected chi connectivity index (χ1v) is 11.5. The van der Waals surface area contributed by atoms with Gasteiger partial charge in [0.25, 0.3) is 0 Å². The summed E-state index contributed by atoms with van der Waals surface area (Å²) < 4.78 is 5.41. The number of alkyl carbamates (subject to hydrolysis) is 1. The molecule has 0 saturated carbocycles. The fraction of sp³-hybridized carbons (Fsp3) is 0.250. The van der Waals surface area contributed by atoms with Crippen molar-refractivity contribution in [1.29, 1.82) is 0 Å². The predicted octanol–water partition coefficient (Wildman–Crippen LogP) is 3.80. The molecule has 3 aromatic rings. The lowest BCUT2D eigenvalue weighted by Crippen LogP contribution is -2.27. The van der Waals surface area contributed by atoms with E-state index in [1.54, 1.807) is 30.9 Å². The molecule has 1 aliphatic rings. The monoisotopic (exact) mass is 463 g/mol. The Kier molecular flexibility index (Phi) is 7.31. The first-order chi connectivity index (χ1) is 16.1. The van der Waals surface area contributed by atoms with Crippen LogP contribution in [0, 0.1) is 5.92 Å². The Labute approximate surface area is 195 Å². The number of hydrogen-bond donors (Lipinski definition) is 3. The molecule has 0 aromatic carbocycles. The lowest BCUT2D eigenvalue weighted by atomic mass is 9.89. The SMILES string of the molecule is Nc1c(NC(=O)/C=C/c2cccnc2)sc2c1CCC(COC(=O)NCc1cccnc1)C2. The molecule has 0 radical (unpaired) electrons. The highest BCUT2D eigenvalue weighted by Crippen LogP contribution is 2.41. The number of carbonyl (C=O) groups excluding carboxylic acids is 2. The van der Waals surface area contributed by atoms with Crippen LogP contribution in [-0.4, -0.2) is 28.6 Å². The highest BCUT2D eigenvalue weighted by molar-refractivity contribution is 7.17. The number of nitrogens with one attached hydrogen (secondary N) is 2. The lowest BCUT2D eigenvalue weighted by molar-refractivity contribution is -0.111. The Hall–Kier alpha value is -3.72. The number of nitrogens with two attached hydrogens (primary N) is 1. The van der Waals surface area contributed by atoms with Crippen LogP contribution in [0.4, 0.5) is 15.5 Å². The summed E-state index contributed by atoms with van der Waals surface area (Å²) in [6.07, 6.45) is 11.9. The molecule has 0 fully saturated rings. The number of nitrogen functional groups attached to an aromatic ring is 1. The largest absolute Gasteiger partial charge is 0.449 e. The fourth-order valence-electron chi connectivity index (χ4n) is 3.64. The zero-order valence-electron chi connectivity index (χ0n) is 18.0. The number of carbonyl (C=O) groups is 2. The molecule has 33 heavy (non-hydrogen) atoms. The minimum absolute atomic E-state index is 0.216. The summed E-state index contributed by atoms with van der Waals surface area (Å²) in [6, 6.07) is 7.40. The number of thiophene rings is 1. The van der Waals surface area contributed by atoms with Gasteiger partial charge in [-0.25, -0.2) is 4.79 Å². The Balaban J connectivity index is 1.27. The summed E-state index contributed by atoms with van der Waals surface area (Å²) >= 11 is 1.49. The molecule has 0 aliphatic heterocycles. The van der Waals surface area contributed by atoms with Crippen molar-refractivity contribution >= 4 is 40.1 Å². The maximum absolute atomic E-state index is 12.3. The van der Waals surface area contributed by atoms with Crippen molar-refractivity contribution in [2.45, 2.75) is 25.8 Å². The van der Waals surface area contributed by atoms with Crippen LogP contribution < -0.4 is 16.4 Å². The second-order valence-electron chi connectivity index (χ2n) is 7.78. The van der Waals surface area contributed by atoms with Gasteiger partial charge in [0.1, 0.15) is 5.00 Å². The number of pyridine rings is 2. The van der Waals surface area contributed by atoms with E-state index >= 15 is 0 Å². The first kappa shape index (κ1) is 22.5. The molecule has 9 heteroatoms. The molecule has 0 bridgehead atoms. The van der Waals surface area contributed by atoms with Crippen LogP contribution in [0.25, 0.3) is 6.08 Å². The van der Waals surface area contributed by atoms with Gasteiger partial charge in [-0.1, -0.05) is 12.1 Å². The van der Waals surface area contributed by atoms with Gasteiger partial charge < -0.3 is 21.1 Å². The van der Waals surface area contributed by atoms with Gasteiger partial charge in [0.15, 0.2) is 0 Å². The van der Waals surface area contributed by atoms with Gasteiger partial charge in [-0.15, -0.1) is 11.3 Å². The number of aromatic nitrogens is 2. The maximum Gasteiger partial charge on any atom is 0.407 e. The third-order valence-electron chi connectivity index (χ3n) is 5.37. The maximum atomic E-state index is 12.3. The third-order valence-corrected chi connectivity index (χ3v) is 6.55. The van der Waals surface area contributed by atoms with E-state index in [2.05, 4.69) is 20.6 Å². The summed E-state index contributed by atoms with van der Waals surface area (Å²) in [4.78, 5) is 33.5. The van der Waals surface area contributed by atoms with Crippen molar-refractivity contribution in [3.8, 4) is 0 Å². The molecule has 1 atom stereocenters. The number of rotatable bonds is 7. The number of amides is 2. The van der Waals surface area contributed by atoms with Crippen LogP contribution in [0.5, 0.6) is 0 Å². The lowest BCUT2D eigenvalue weighted by Gasteiger charge is -2.22. The molecule has 0 spiro atoms. The van der Waals surface area contributed by atoms with Gasteiger partial charge in [-0.05, 0) is 60.1 Å². The molecule has 3 aromatic heterocycles. The van der Waals surface area contributed by atoms with E-state index in [0.29, 0.717) is 23.8 Å². The Morgan fingerprint density at radius 3 is 2.79 bits per heavy atom. The van der Waals surface area contributed by atoms with Crippen molar-refractivity contribution < 1.29 is 14.3 Å². The van der Waals surface area contributed by atoms with Crippen molar-refractivity contribution in [2.24, 2.45) is 5.92 Å². The Morgan fingerprint density at radius 1 is 1.21 bits per heavy atom. The highest BCUT2D eigenvalue weighted by atomic mass is 32.1. The zero-order valence-corrected chi connectivity index (χ0v) is 18.8. The molecule has 3 heterocycles. The fourth-order valence-corrected chi connectivity index (χ4v) is 4.92. The number of ether oxygens (including phenoxy) is 1. The third kappa shape index (κ3) is 6.17. The topological polar surface area (TPSA) is 119 Å². The smallest absolute Gasteiger partial charge is 0.407 e. The van der Waals surface area contributed by atoms with Gasteiger partial charge in [0.05, 0.1) is 12.3 Å². The van der Waals surface area contributed by atoms with E-state index in [1.807, 2.05) is 24.3 Å². The summed E-state index contributed by atoms with van der Waals surface area (Å²) in [7, 11) is 0. The molecule has 1 unspecified atom stereocenters. The predicted molar refractivity (Wildman–Crippen MR) is 129 cm³/mol. The van der Waals surface area contributed by atoms with Crippen molar-refractivity contribution in [3.05, 3.63) is 76.7 Å². The number of hydrogen-bond acceptors (Lipinski definition) is 7. The summed E-state index contributed by atoms with van der Waals surface area (Å²) in [6.45, 7) is 0.715. The van der Waals surface area contributed by atoms with Crippen molar-refractivity contribution in [2.75, 3.05) is 17.7 Å². The van der Waals surface area contributed by atoms with Gasteiger partial charge in [-0.3, -0.25) is 14.8 Å². The average Bonchev–Trinajstić information content (AvgIpc) is 3.15. The number of nitrogens with zero attached hydrogens (tertiary/aromatic N) is 2. The summed E-state index contributed by atoms with van der Waals surface area (Å²) in [5.74, 6) is -0.0250. The second-order valence-corrected chi connectivity index (χ2v) is 8.88. The van der Waals surface area contributed by atoms with E-state index in [0.717, 1.165) is 40.8 Å². The van der Waals surface area contributed by atoms with Crippen molar-refractivity contribution in [1.82, 2.24) is 15.3 Å². The van der Waals surface area contributed by atoms with Gasteiger partial charge in [-0.2, -0.15) is 0 Å². The van der Waals surface area contributed by atoms with Crippen LogP contribution in [-0.2, 0) is 28.9 Å². The van der Waals surface area contributed by atoms with E-state index in [4.69, 9.17) is 10.5 Å². The minimum atomic E-state index is -0.441. The molecule has 8 nitrogen and oxygen atoms in total. The van der Waals surface area contributed by atoms with Crippen LogP contribution in [0.1, 0.15) is 28.0 Å². The van der Waals surface area contributed by atoms with E-state index in [9.17, 15) is 9.59 Å².